The van der Waals surface area contributed by atoms with Crippen molar-refractivity contribution in [3.8, 4) is 11.5 Å². The average molecular weight is 436 g/mol. The molecule has 142 valence electrons. The van der Waals surface area contributed by atoms with E-state index in [1.165, 1.54) is 11.0 Å². The maximum atomic E-state index is 13.8. The Kier molecular flexibility index (Phi) is 6.11. The van der Waals surface area contributed by atoms with Gasteiger partial charge in [-0.15, -0.1) is 0 Å². The minimum atomic E-state index is -0.370. The predicted molar refractivity (Wildman–Crippen MR) is 102 cm³/mol. The van der Waals surface area contributed by atoms with Crippen molar-refractivity contribution in [3.63, 3.8) is 0 Å². The van der Waals surface area contributed by atoms with E-state index in [1.54, 1.807) is 37.4 Å². The molecule has 7 heteroatoms. The van der Waals surface area contributed by atoms with Gasteiger partial charge in [-0.2, -0.15) is 0 Å². The van der Waals surface area contributed by atoms with Crippen LogP contribution in [0.25, 0.3) is 0 Å². The van der Waals surface area contributed by atoms with Crippen molar-refractivity contribution in [3.05, 3.63) is 57.8 Å². The quantitative estimate of drug-likeness (QED) is 0.643. The third kappa shape index (κ3) is 4.86. The van der Waals surface area contributed by atoms with E-state index in [1.807, 2.05) is 0 Å². The molecule has 0 saturated heterocycles. The van der Waals surface area contributed by atoms with Crippen LogP contribution in [0.2, 0.25) is 0 Å². The summed E-state index contributed by atoms with van der Waals surface area (Å²) in [6.45, 7) is 1.07. The van der Waals surface area contributed by atoms with Crippen LogP contribution in [0.1, 0.15) is 28.8 Å². The molecule has 1 aliphatic rings. The number of halogens is 2. The Bertz CT molecular complexity index is 871. The van der Waals surface area contributed by atoms with Crippen molar-refractivity contribution in [1.82, 2.24) is 4.90 Å². The summed E-state index contributed by atoms with van der Waals surface area (Å²) < 4.78 is 25.5. The molecule has 0 saturated carbocycles. The second-order valence-electron chi connectivity index (χ2n) is 6.27. The van der Waals surface area contributed by atoms with Crippen molar-refractivity contribution >= 4 is 27.6 Å². The van der Waals surface area contributed by atoms with Crippen molar-refractivity contribution in [1.29, 1.82) is 0 Å². The first-order valence-electron chi connectivity index (χ1n) is 8.55. The molecule has 1 amide bonds. The summed E-state index contributed by atoms with van der Waals surface area (Å²) in [7, 11) is 1.59. The first-order valence-corrected chi connectivity index (χ1v) is 9.34. The van der Waals surface area contributed by atoms with Gasteiger partial charge in [-0.3, -0.25) is 9.59 Å². The summed E-state index contributed by atoms with van der Waals surface area (Å²) in [5.74, 6) is 0.415. The Hall–Kier alpha value is -2.41. The molecule has 1 aliphatic heterocycles. The van der Waals surface area contributed by atoms with Gasteiger partial charge in [-0.1, -0.05) is 15.9 Å². The fraction of sp³-hybridized carbons (Fsp3) is 0.300. The highest BCUT2D eigenvalue weighted by atomic mass is 79.9. The summed E-state index contributed by atoms with van der Waals surface area (Å²) in [6.07, 6.45) is 0.128. The molecule has 0 aliphatic carbocycles. The molecule has 2 aromatic carbocycles. The van der Waals surface area contributed by atoms with Gasteiger partial charge < -0.3 is 14.4 Å². The maximum absolute atomic E-state index is 13.8. The number of benzene rings is 2. The number of ether oxygens (including phenoxy) is 2. The number of nitrogens with zero attached hydrogens (tertiary/aromatic N) is 1. The molecule has 0 unspecified atom stereocenters. The monoisotopic (exact) mass is 435 g/mol. The Morgan fingerprint density at radius 3 is 2.59 bits per heavy atom. The van der Waals surface area contributed by atoms with E-state index in [2.05, 4.69) is 15.9 Å². The van der Waals surface area contributed by atoms with Crippen LogP contribution in [0, 0.1) is 5.82 Å². The van der Waals surface area contributed by atoms with Crippen LogP contribution in [0.3, 0.4) is 0 Å². The van der Waals surface area contributed by atoms with Crippen molar-refractivity contribution in [2.45, 2.75) is 19.4 Å². The summed E-state index contributed by atoms with van der Waals surface area (Å²) in [6, 6.07) is 9.60. The first-order chi connectivity index (χ1) is 12.9. The normalized spacial score (nSPS) is 12.6. The van der Waals surface area contributed by atoms with Crippen LogP contribution in [0.15, 0.2) is 40.9 Å². The first kappa shape index (κ1) is 19.4. The van der Waals surface area contributed by atoms with E-state index in [0.717, 1.165) is 4.47 Å². The number of amides is 1. The van der Waals surface area contributed by atoms with Gasteiger partial charge >= 0.3 is 0 Å². The predicted octanol–water partition coefficient (Wildman–Crippen LogP) is 3.98. The minimum Gasteiger partial charge on any atom is -0.486 e. The zero-order valence-corrected chi connectivity index (χ0v) is 16.4. The fourth-order valence-corrected chi connectivity index (χ4v) is 3.19. The number of hydrogen-bond donors (Lipinski definition) is 0. The molecule has 0 atom stereocenters. The lowest BCUT2D eigenvalue weighted by Gasteiger charge is -2.19. The summed E-state index contributed by atoms with van der Waals surface area (Å²) in [5, 5.41) is 0. The number of carbonyl (C=O) groups excluding carboxylic acids is 2. The molecule has 1 heterocycles. The summed E-state index contributed by atoms with van der Waals surface area (Å²) >= 11 is 3.29. The highest BCUT2D eigenvalue weighted by molar-refractivity contribution is 9.10. The van der Waals surface area contributed by atoms with E-state index in [0.29, 0.717) is 35.8 Å². The molecule has 0 bridgehead atoms. The topological polar surface area (TPSA) is 55.8 Å². The fourth-order valence-electron chi connectivity index (χ4n) is 2.78. The Morgan fingerprint density at radius 1 is 1.07 bits per heavy atom. The molecule has 5 nitrogen and oxygen atoms in total. The van der Waals surface area contributed by atoms with Crippen molar-refractivity contribution < 1.29 is 23.5 Å². The lowest BCUT2D eigenvalue weighted by atomic mass is 10.1. The van der Waals surface area contributed by atoms with Gasteiger partial charge in [0, 0.05) is 42.0 Å². The summed E-state index contributed by atoms with van der Waals surface area (Å²) in [4.78, 5) is 26.1. The van der Waals surface area contributed by atoms with Gasteiger partial charge in [-0.25, -0.2) is 4.39 Å². The standard InChI is InChI=1S/C20H19BrFNO4/c1-23(12-14-10-15(21)3-4-16(14)22)20(25)7-5-17(24)13-2-6-18-19(11-13)27-9-8-26-18/h2-4,6,10-11H,5,7-9,12H2,1H3. The molecule has 0 fully saturated rings. The molecule has 0 aromatic heterocycles. The zero-order chi connectivity index (χ0) is 19.4. The van der Waals surface area contributed by atoms with Crippen LogP contribution in [-0.4, -0.2) is 36.9 Å². The second kappa shape index (κ2) is 8.52. The van der Waals surface area contributed by atoms with Crippen LogP contribution in [0.5, 0.6) is 11.5 Å². The average Bonchev–Trinajstić information content (AvgIpc) is 2.68. The van der Waals surface area contributed by atoms with E-state index in [9.17, 15) is 14.0 Å². The third-order valence-corrected chi connectivity index (χ3v) is 4.76. The maximum Gasteiger partial charge on any atom is 0.223 e. The number of rotatable bonds is 6. The summed E-state index contributed by atoms with van der Waals surface area (Å²) in [5.41, 5.74) is 0.895. The zero-order valence-electron chi connectivity index (χ0n) is 14.8. The molecular weight excluding hydrogens is 417 g/mol. The third-order valence-electron chi connectivity index (χ3n) is 4.27. The van der Waals surface area contributed by atoms with Crippen molar-refractivity contribution in [2.24, 2.45) is 0 Å². The highest BCUT2D eigenvalue weighted by Gasteiger charge is 2.17. The van der Waals surface area contributed by atoms with Gasteiger partial charge in [0.1, 0.15) is 19.0 Å². The molecular formula is C20H19BrFNO4. The molecule has 27 heavy (non-hydrogen) atoms. The Labute approximate surface area is 165 Å². The van der Waals surface area contributed by atoms with E-state index < -0.39 is 0 Å². The molecule has 2 aromatic rings. The van der Waals surface area contributed by atoms with Gasteiger partial charge in [0.2, 0.25) is 5.91 Å². The highest BCUT2D eigenvalue weighted by Crippen LogP contribution is 2.31. The number of fused-ring (bicyclic) bond motifs is 1. The van der Waals surface area contributed by atoms with Crippen LogP contribution >= 0.6 is 15.9 Å². The second-order valence-corrected chi connectivity index (χ2v) is 7.18. The lowest BCUT2D eigenvalue weighted by Crippen LogP contribution is -2.27. The number of ketones is 1. The van der Waals surface area contributed by atoms with Gasteiger partial charge in [0.25, 0.3) is 0 Å². The lowest BCUT2D eigenvalue weighted by molar-refractivity contribution is -0.130. The number of hydrogen-bond acceptors (Lipinski definition) is 4. The van der Waals surface area contributed by atoms with E-state index in [-0.39, 0.29) is 36.9 Å². The Balaban J connectivity index is 1.56. The number of Topliss-reactive ketones (excluding diaryl/α,β-unsaturated/α-hetero) is 1. The molecule has 0 spiro atoms. The van der Waals surface area contributed by atoms with Crippen LogP contribution in [0.4, 0.5) is 4.39 Å². The smallest absolute Gasteiger partial charge is 0.223 e. The Morgan fingerprint density at radius 2 is 1.81 bits per heavy atom. The van der Waals surface area contributed by atoms with Gasteiger partial charge in [0.15, 0.2) is 17.3 Å². The van der Waals surface area contributed by atoms with Crippen LogP contribution in [-0.2, 0) is 11.3 Å². The van der Waals surface area contributed by atoms with Gasteiger partial charge in [-0.05, 0) is 36.4 Å². The van der Waals surface area contributed by atoms with E-state index in [4.69, 9.17) is 9.47 Å². The molecule has 0 radical (unpaired) electrons. The van der Waals surface area contributed by atoms with E-state index >= 15 is 0 Å². The van der Waals surface area contributed by atoms with Crippen LogP contribution < -0.4 is 9.47 Å². The number of carbonyl (C=O) groups is 2. The largest absolute Gasteiger partial charge is 0.486 e. The van der Waals surface area contributed by atoms with Crippen molar-refractivity contribution in [2.75, 3.05) is 20.3 Å². The molecule has 0 N–H and O–H groups in total. The minimum absolute atomic E-state index is 0.0550. The van der Waals surface area contributed by atoms with Gasteiger partial charge in [0.05, 0.1) is 0 Å². The molecule has 3 rings (SSSR count). The SMILES string of the molecule is CN(Cc1cc(Br)ccc1F)C(=O)CCC(=O)c1ccc2c(c1)OCCO2.